The molecule has 0 aliphatic heterocycles. The van der Waals surface area contributed by atoms with E-state index in [2.05, 4.69) is 14.8 Å². The number of hydrogen-bond donors (Lipinski definition) is 2. The molecule has 0 radical (unpaired) electrons. The first-order valence-electron chi connectivity index (χ1n) is 8.52. The fourth-order valence-electron chi connectivity index (χ4n) is 2.71. The van der Waals surface area contributed by atoms with Crippen molar-refractivity contribution in [3.05, 3.63) is 65.5 Å². The number of amidine groups is 1. The minimum Gasteiger partial charge on any atom is -0.469 e. The third kappa shape index (κ3) is 4.20. The monoisotopic (exact) mass is 363 g/mol. The summed E-state index contributed by atoms with van der Waals surface area (Å²) in [4.78, 5) is 15.8. The third-order valence-corrected chi connectivity index (χ3v) is 4.25. The van der Waals surface area contributed by atoms with E-state index in [1.165, 1.54) is 7.11 Å². The van der Waals surface area contributed by atoms with Gasteiger partial charge in [-0.05, 0) is 43.2 Å². The average Bonchev–Trinajstić information content (AvgIpc) is 3.08. The van der Waals surface area contributed by atoms with Gasteiger partial charge in [0, 0.05) is 17.5 Å². The Hall–Kier alpha value is -3.48. The Labute approximate surface area is 157 Å². The minimum absolute atomic E-state index is 0.0323. The van der Waals surface area contributed by atoms with Gasteiger partial charge in [-0.15, -0.1) is 5.10 Å². The molecule has 0 saturated carbocycles. The standard InChI is InChI=1S/C20H21N5O2/c1-13-23-20(16-6-3-14(4-7-16)5-12-18(26)27-2)24-25(13)17-10-8-15(9-11-17)19(21)22/h3-4,6-11H,5,12H2,1-2H3,(H3,21,22). The average molecular weight is 363 g/mol. The Bertz CT molecular complexity index is 959. The molecule has 7 nitrogen and oxygen atoms in total. The van der Waals surface area contributed by atoms with E-state index in [9.17, 15) is 4.79 Å². The molecular weight excluding hydrogens is 342 g/mol. The number of methoxy groups -OCH3 is 1. The first-order valence-corrected chi connectivity index (χ1v) is 8.52. The smallest absolute Gasteiger partial charge is 0.305 e. The maximum Gasteiger partial charge on any atom is 0.305 e. The van der Waals surface area contributed by atoms with Crippen molar-refractivity contribution in [3.63, 3.8) is 0 Å². The Balaban J connectivity index is 1.79. The number of carbonyl (C=O) groups excluding carboxylic acids is 1. The highest BCUT2D eigenvalue weighted by atomic mass is 16.5. The summed E-state index contributed by atoms with van der Waals surface area (Å²) in [6, 6.07) is 15.1. The van der Waals surface area contributed by atoms with E-state index in [0.29, 0.717) is 24.2 Å². The van der Waals surface area contributed by atoms with Gasteiger partial charge in [0.25, 0.3) is 0 Å². The fraction of sp³-hybridized carbons (Fsp3) is 0.200. The molecule has 0 unspecified atom stereocenters. The van der Waals surface area contributed by atoms with Crippen molar-refractivity contribution in [2.45, 2.75) is 19.8 Å². The van der Waals surface area contributed by atoms with Crippen LogP contribution in [0.3, 0.4) is 0 Å². The number of nitrogens with zero attached hydrogens (tertiary/aromatic N) is 3. The molecule has 3 rings (SSSR count). The van der Waals surface area contributed by atoms with Crippen LogP contribution < -0.4 is 5.73 Å². The first kappa shape index (κ1) is 18.3. The van der Waals surface area contributed by atoms with E-state index in [0.717, 1.165) is 22.6 Å². The summed E-state index contributed by atoms with van der Waals surface area (Å²) < 4.78 is 6.42. The molecule has 1 aromatic heterocycles. The third-order valence-electron chi connectivity index (χ3n) is 4.25. The van der Waals surface area contributed by atoms with Gasteiger partial charge in [0.1, 0.15) is 11.7 Å². The molecule has 2 aromatic carbocycles. The van der Waals surface area contributed by atoms with Crippen molar-refractivity contribution in [1.82, 2.24) is 14.8 Å². The summed E-state index contributed by atoms with van der Waals surface area (Å²) in [5.74, 6) is 1.20. The van der Waals surface area contributed by atoms with Gasteiger partial charge in [-0.1, -0.05) is 24.3 Å². The molecule has 0 fully saturated rings. The maximum atomic E-state index is 11.2. The van der Waals surface area contributed by atoms with E-state index in [4.69, 9.17) is 11.1 Å². The molecule has 3 aromatic rings. The van der Waals surface area contributed by atoms with Crippen LogP contribution in [0.4, 0.5) is 0 Å². The van der Waals surface area contributed by atoms with E-state index < -0.39 is 0 Å². The van der Waals surface area contributed by atoms with Gasteiger partial charge in [-0.3, -0.25) is 10.2 Å². The lowest BCUT2D eigenvalue weighted by atomic mass is 10.1. The van der Waals surface area contributed by atoms with Crippen molar-refractivity contribution in [1.29, 1.82) is 5.41 Å². The summed E-state index contributed by atoms with van der Waals surface area (Å²) in [6.45, 7) is 1.89. The highest BCUT2D eigenvalue weighted by Gasteiger charge is 2.11. The zero-order valence-electron chi connectivity index (χ0n) is 15.3. The van der Waals surface area contributed by atoms with E-state index in [1.807, 2.05) is 43.3 Å². The molecular formula is C20H21N5O2. The molecule has 0 saturated heterocycles. The van der Waals surface area contributed by atoms with Gasteiger partial charge in [0.15, 0.2) is 5.82 Å². The molecule has 0 aliphatic carbocycles. The van der Waals surface area contributed by atoms with Gasteiger partial charge >= 0.3 is 5.97 Å². The van der Waals surface area contributed by atoms with Gasteiger partial charge < -0.3 is 10.5 Å². The van der Waals surface area contributed by atoms with Crippen LogP contribution in [-0.2, 0) is 16.0 Å². The molecule has 0 bridgehead atoms. The van der Waals surface area contributed by atoms with Crippen molar-refractivity contribution in [2.24, 2.45) is 5.73 Å². The molecule has 27 heavy (non-hydrogen) atoms. The van der Waals surface area contributed by atoms with Gasteiger partial charge in [0.05, 0.1) is 12.8 Å². The normalized spacial score (nSPS) is 10.6. The number of nitrogens with one attached hydrogen (secondary N) is 1. The molecule has 3 N–H and O–H groups in total. The van der Waals surface area contributed by atoms with Crippen molar-refractivity contribution in [3.8, 4) is 17.1 Å². The molecule has 0 spiro atoms. The lowest BCUT2D eigenvalue weighted by Crippen LogP contribution is -2.11. The number of rotatable bonds is 6. The Morgan fingerprint density at radius 1 is 1.15 bits per heavy atom. The molecule has 7 heteroatoms. The number of aryl methyl sites for hydroxylation is 2. The van der Waals surface area contributed by atoms with E-state index in [-0.39, 0.29) is 11.8 Å². The number of nitrogen functional groups attached to an aromatic ring is 1. The Morgan fingerprint density at radius 3 is 2.41 bits per heavy atom. The number of aromatic nitrogens is 3. The summed E-state index contributed by atoms with van der Waals surface area (Å²) in [5.41, 5.74) is 8.97. The minimum atomic E-state index is -0.217. The SMILES string of the molecule is COC(=O)CCc1ccc(-c2nc(C)n(-c3ccc(C(=N)N)cc3)n2)cc1. The van der Waals surface area contributed by atoms with Crippen LogP contribution in [0.15, 0.2) is 48.5 Å². The lowest BCUT2D eigenvalue weighted by Gasteiger charge is -2.04. The second-order valence-electron chi connectivity index (χ2n) is 6.13. The van der Waals surface area contributed by atoms with Crippen LogP contribution >= 0.6 is 0 Å². The molecule has 0 atom stereocenters. The van der Waals surface area contributed by atoms with Gasteiger partial charge in [-0.2, -0.15) is 0 Å². The largest absolute Gasteiger partial charge is 0.469 e. The Morgan fingerprint density at radius 2 is 1.81 bits per heavy atom. The molecule has 138 valence electrons. The second kappa shape index (κ2) is 7.82. The van der Waals surface area contributed by atoms with Crippen LogP contribution in [0.1, 0.15) is 23.4 Å². The quantitative estimate of drug-likeness (QED) is 0.398. The number of nitrogens with two attached hydrogens (primary N) is 1. The van der Waals surface area contributed by atoms with Crippen LogP contribution in [0.25, 0.3) is 17.1 Å². The van der Waals surface area contributed by atoms with Crippen molar-refractivity contribution < 1.29 is 9.53 Å². The molecule has 1 heterocycles. The van der Waals surface area contributed by atoms with Crippen molar-refractivity contribution in [2.75, 3.05) is 7.11 Å². The van der Waals surface area contributed by atoms with Crippen molar-refractivity contribution >= 4 is 11.8 Å². The van der Waals surface area contributed by atoms with E-state index in [1.54, 1.807) is 16.8 Å². The Kier molecular flexibility index (Phi) is 5.30. The summed E-state index contributed by atoms with van der Waals surface area (Å²) >= 11 is 0. The number of carbonyl (C=O) groups is 1. The first-order chi connectivity index (χ1) is 13.0. The van der Waals surface area contributed by atoms with Crippen LogP contribution in [0, 0.1) is 12.3 Å². The van der Waals surface area contributed by atoms with Crippen LogP contribution in [0.2, 0.25) is 0 Å². The number of ether oxygens (including phenoxy) is 1. The number of benzene rings is 2. The lowest BCUT2D eigenvalue weighted by molar-refractivity contribution is -0.140. The number of esters is 1. The topological polar surface area (TPSA) is 107 Å². The van der Waals surface area contributed by atoms with Crippen LogP contribution in [-0.4, -0.2) is 33.7 Å². The molecule has 0 amide bonds. The zero-order valence-corrected chi connectivity index (χ0v) is 15.3. The van der Waals surface area contributed by atoms with Gasteiger partial charge in [-0.25, -0.2) is 9.67 Å². The van der Waals surface area contributed by atoms with Crippen LogP contribution in [0.5, 0.6) is 0 Å². The predicted molar refractivity (Wildman–Crippen MR) is 103 cm³/mol. The maximum absolute atomic E-state index is 11.2. The number of hydrogen-bond acceptors (Lipinski definition) is 5. The predicted octanol–water partition coefficient (Wildman–Crippen LogP) is 2.63. The zero-order chi connectivity index (χ0) is 19.4. The highest BCUT2D eigenvalue weighted by Crippen LogP contribution is 2.19. The molecule has 0 aliphatic rings. The highest BCUT2D eigenvalue weighted by molar-refractivity contribution is 5.95. The fourth-order valence-corrected chi connectivity index (χ4v) is 2.71. The van der Waals surface area contributed by atoms with E-state index >= 15 is 0 Å². The summed E-state index contributed by atoms with van der Waals surface area (Å²) in [6.07, 6.45) is 0.994. The summed E-state index contributed by atoms with van der Waals surface area (Å²) in [5, 5.41) is 12.1. The summed E-state index contributed by atoms with van der Waals surface area (Å²) in [7, 11) is 1.39. The second-order valence-corrected chi connectivity index (χ2v) is 6.13. The van der Waals surface area contributed by atoms with Gasteiger partial charge in [0.2, 0.25) is 0 Å².